The molecule has 16 heavy (non-hydrogen) atoms. The lowest BCUT2D eigenvalue weighted by molar-refractivity contribution is -0.913. The molecule has 2 aliphatic heterocycles. The molecule has 6 N–H and O–H groups in total. The van der Waals surface area contributed by atoms with Gasteiger partial charge in [0.1, 0.15) is 0 Å². The van der Waals surface area contributed by atoms with Crippen molar-refractivity contribution < 1.29 is 19.9 Å². The molecule has 0 aliphatic carbocycles. The van der Waals surface area contributed by atoms with Gasteiger partial charge in [-0.05, 0) is 0 Å². The van der Waals surface area contributed by atoms with Crippen molar-refractivity contribution in [3.05, 3.63) is 10.4 Å². The van der Waals surface area contributed by atoms with Gasteiger partial charge >= 0.3 is 0 Å². The van der Waals surface area contributed by atoms with Crippen LogP contribution in [0.1, 0.15) is 12.8 Å². The number of nitrogens with one attached hydrogen (secondary N) is 6. The largest absolute Gasteiger partial charge is 0.611 e. The maximum Gasteiger partial charge on any atom is 0.298 e. The van der Waals surface area contributed by atoms with Crippen molar-refractivity contribution in [1.29, 1.82) is 0 Å². The third-order valence-corrected chi connectivity index (χ3v) is 2.63. The Labute approximate surface area is 90.0 Å². The molecular formula is C6H12N6O4. The summed E-state index contributed by atoms with van der Waals surface area (Å²) in [6, 6.07) is -1.64. The van der Waals surface area contributed by atoms with Gasteiger partial charge in [0.05, 0.1) is 0 Å². The summed E-state index contributed by atoms with van der Waals surface area (Å²) in [5.74, 6) is -0.854. The van der Waals surface area contributed by atoms with Crippen molar-refractivity contribution >= 4 is 11.8 Å². The summed E-state index contributed by atoms with van der Waals surface area (Å²) in [5, 5.41) is 21.5. The van der Waals surface area contributed by atoms with E-state index >= 15 is 0 Å². The number of hydrazine groups is 2. The highest BCUT2D eigenvalue weighted by Crippen LogP contribution is 2.00. The third kappa shape index (κ3) is 1.97. The maximum absolute atomic E-state index is 11.2. The summed E-state index contributed by atoms with van der Waals surface area (Å²) in [7, 11) is 0. The maximum atomic E-state index is 11.2. The molecule has 4 unspecified atom stereocenters. The first kappa shape index (κ1) is 11.2. The second kappa shape index (κ2) is 4.29. The Morgan fingerprint density at radius 1 is 0.938 bits per heavy atom. The van der Waals surface area contributed by atoms with Gasteiger partial charge in [0.2, 0.25) is 0 Å². The Balaban J connectivity index is 1.87. The van der Waals surface area contributed by atoms with Gasteiger partial charge in [-0.1, -0.05) is 11.1 Å². The Morgan fingerprint density at radius 3 is 1.56 bits per heavy atom. The average molecular weight is 232 g/mol. The molecule has 0 radical (unpaired) electrons. The van der Waals surface area contributed by atoms with Crippen LogP contribution in [0.3, 0.4) is 0 Å². The molecule has 0 spiro atoms. The summed E-state index contributed by atoms with van der Waals surface area (Å²) in [5.41, 5.74) is 8.71. The van der Waals surface area contributed by atoms with Crippen molar-refractivity contribution in [2.24, 2.45) is 0 Å². The molecule has 2 rings (SSSR count). The van der Waals surface area contributed by atoms with Crippen molar-refractivity contribution in [1.82, 2.24) is 21.9 Å². The number of carbonyl (C=O) groups excluding carboxylic acids is 2. The molecule has 2 fully saturated rings. The summed E-state index contributed by atoms with van der Waals surface area (Å²) in [4.78, 5) is 22.3. The molecule has 0 saturated carbocycles. The van der Waals surface area contributed by atoms with Crippen LogP contribution in [0.15, 0.2) is 0 Å². The number of hydrogen-bond acceptors (Lipinski definition) is 6. The van der Waals surface area contributed by atoms with Gasteiger partial charge < -0.3 is 10.4 Å². The van der Waals surface area contributed by atoms with Crippen molar-refractivity contribution in [3.63, 3.8) is 0 Å². The van der Waals surface area contributed by atoms with Gasteiger partial charge in [-0.25, -0.2) is 10.9 Å². The number of hydroxylamine groups is 2. The molecule has 0 bridgehead atoms. The zero-order valence-corrected chi connectivity index (χ0v) is 8.20. The van der Waals surface area contributed by atoms with Gasteiger partial charge in [0, 0.05) is 12.8 Å². The minimum atomic E-state index is -0.818. The molecule has 2 heterocycles. The van der Waals surface area contributed by atoms with Crippen LogP contribution in [0.25, 0.3) is 0 Å². The fourth-order valence-corrected chi connectivity index (χ4v) is 1.69. The number of carbonyl (C=O) groups is 2. The van der Waals surface area contributed by atoms with Crippen LogP contribution in [0.4, 0.5) is 0 Å². The van der Waals surface area contributed by atoms with E-state index in [0.717, 1.165) is 0 Å². The molecule has 0 aromatic rings. The zero-order valence-electron chi connectivity index (χ0n) is 8.20. The third-order valence-electron chi connectivity index (χ3n) is 2.63. The summed E-state index contributed by atoms with van der Waals surface area (Å²) in [6.07, 6.45) is 0.340. The molecule has 0 aromatic heterocycles. The Morgan fingerprint density at radius 2 is 1.31 bits per heavy atom. The monoisotopic (exact) mass is 232 g/mol. The predicted molar refractivity (Wildman–Crippen MR) is 48.0 cm³/mol. The van der Waals surface area contributed by atoms with E-state index in [1.165, 1.54) is 0 Å². The van der Waals surface area contributed by atoms with Gasteiger partial charge in [-0.15, -0.1) is 0 Å². The minimum absolute atomic E-state index is 0.170. The van der Waals surface area contributed by atoms with E-state index in [-0.39, 0.29) is 12.8 Å². The average Bonchev–Trinajstić information content (AvgIpc) is 2.72. The number of rotatable bonds is 3. The lowest BCUT2D eigenvalue weighted by Crippen LogP contribution is -3.17. The van der Waals surface area contributed by atoms with Crippen LogP contribution in [-0.2, 0) is 9.59 Å². The van der Waals surface area contributed by atoms with Crippen LogP contribution < -0.4 is 32.3 Å². The fourth-order valence-electron chi connectivity index (χ4n) is 1.69. The molecule has 4 atom stereocenters. The van der Waals surface area contributed by atoms with Gasteiger partial charge in [-0.3, -0.25) is 19.9 Å². The van der Waals surface area contributed by atoms with E-state index < -0.39 is 34.2 Å². The molecule has 10 heteroatoms. The standard InChI is InChI=1S/C6H12N6O4/c13-5-3(11(15)9-7-5)1-2-4-6(14)8-10-12(4)16/h3-4,9-12H,1-2H2,(H,7,13)(H,8,14). The number of quaternary nitrogens is 2. The van der Waals surface area contributed by atoms with Gasteiger partial charge in [0.25, 0.3) is 11.8 Å². The second-order valence-electron chi connectivity index (χ2n) is 3.64. The normalized spacial score (nSPS) is 38.6. The van der Waals surface area contributed by atoms with E-state index in [9.17, 15) is 20.0 Å². The first-order valence-electron chi connectivity index (χ1n) is 4.79. The van der Waals surface area contributed by atoms with Gasteiger partial charge in [0.15, 0.2) is 12.1 Å². The number of hydrogen-bond donors (Lipinski definition) is 6. The van der Waals surface area contributed by atoms with E-state index in [4.69, 9.17) is 0 Å². The fraction of sp³-hybridized carbons (Fsp3) is 0.667. The van der Waals surface area contributed by atoms with Crippen molar-refractivity contribution in [2.45, 2.75) is 24.9 Å². The molecule has 2 amide bonds. The molecular weight excluding hydrogens is 220 g/mol. The first-order valence-corrected chi connectivity index (χ1v) is 4.79. The SMILES string of the molecule is O=C1NN[NH+]([O-])C1CCC1C(=O)NN[NH+]1[O-]. The predicted octanol–water partition coefficient (Wildman–Crippen LogP) is -5.63. The Kier molecular flexibility index (Phi) is 3.00. The van der Waals surface area contributed by atoms with Gasteiger partial charge in [-0.2, -0.15) is 0 Å². The Hall–Kier alpha value is -1.30. The van der Waals surface area contributed by atoms with E-state index in [1.54, 1.807) is 0 Å². The topological polar surface area (TPSA) is 137 Å². The zero-order chi connectivity index (χ0) is 11.7. The molecule has 0 aromatic carbocycles. The van der Waals surface area contributed by atoms with Crippen LogP contribution >= 0.6 is 0 Å². The first-order chi connectivity index (χ1) is 7.59. The molecule has 90 valence electrons. The summed E-state index contributed by atoms with van der Waals surface area (Å²) < 4.78 is 0. The molecule has 10 nitrogen and oxygen atoms in total. The molecule has 2 saturated heterocycles. The van der Waals surface area contributed by atoms with Crippen LogP contribution in [0, 0.1) is 10.4 Å². The smallest absolute Gasteiger partial charge is 0.298 e. The quantitative estimate of drug-likeness (QED) is 0.268. The highest BCUT2D eigenvalue weighted by molar-refractivity contribution is 5.82. The van der Waals surface area contributed by atoms with E-state index in [1.807, 2.05) is 0 Å². The summed E-state index contributed by atoms with van der Waals surface area (Å²) >= 11 is 0. The summed E-state index contributed by atoms with van der Waals surface area (Å²) in [6.45, 7) is 0. The highest BCUT2D eigenvalue weighted by Gasteiger charge is 2.37. The molecule has 2 aliphatic rings. The highest BCUT2D eigenvalue weighted by atomic mass is 16.6. The lowest BCUT2D eigenvalue weighted by atomic mass is 10.1. The second-order valence-corrected chi connectivity index (χ2v) is 3.64. The Bertz CT molecular complexity index is 281. The van der Waals surface area contributed by atoms with E-state index in [2.05, 4.69) is 21.9 Å². The van der Waals surface area contributed by atoms with Crippen molar-refractivity contribution in [2.75, 3.05) is 0 Å². The van der Waals surface area contributed by atoms with E-state index in [0.29, 0.717) is 0 Å². The lowest BCUT2D eigenvalue weighted by Gasteiger charge is -2.22. The minimum Gasteiger partial charge on any atom is -0.611 e. The number of amides is 2. The van der Waals surface area contributed by atoms with Crippen LogP contribution in [-0.4, -0.2) is 23.9 Å². The van der Waals surface area contributed by atoms with Crippen LogP contribution in [0.2, 0.25) is 0 Å². The van der Waals surface area contributed by atoms with Crippen LogP contribution in [0.5, 0.6) is 0 Å². The van der Waals surface area contributed by atoms with Crippen molar-refractivity contribution in [3.8, 4) is 0 Å².